The number of aromatic nitrogens is 1. The monoisotopic (exact) mass is 447 g/mol. The Morgan fingerprint density at radius 1 is 1.26 bits per heavy atom. The first-order valence-corrected chi connectivity index (χ1v) is 12.7. The predicted molar refractivity (Wildman–Crippen MR) is 116 cm³/mol. The number of amides is 1. The van der Waals surface area contributed by atoms with Gasteiger partial charge in [-0.15, -0.1) is 0 Å². The molecule has 8 nitrogen and oxygen atoms in total. The standard InChI is InChI=1S/C22H29N3O5S/c1-30-15-7-8-16-17(9-15)23-20-18(10-26)25(21(27)14-5-3-4-6-14)13-22(19(16)20)11-24(12-22)31(2,28)29/h7-9,14,18,23,26H,3-6,10-13H2,1-2H3/t18-/m1/s1. The van der Waals surface area contributed by atoms with Crippen LogP contribution < -0.4 is 4.74 Å². The van der Waals surface area contributed by atoms with Gasteiger partial charge >= 0.3 is 0 Å². The van der Waals surface area contributed by atoms with Crippen LogP contribution in [0, 0.1) is 5.92 Å². The van der Waals surface area contributed by atoms with E-state index in [4.69, 9.17) is 4.74 Å². The maximum absolute atomic E-state index is 13.5. The zero-order valence-electron chi connectivity index (χ0n) is 17.9. The van der Waals surface area contributed by atoms with Gasteiger partial charge in [-0.3, -0.25) is 4.79 Å². The third kappa shape index (κ3) is 3.16. The van der Waals surface area contributed by atoms with Crippen molar-refractivity contribution in [2.45, 2.75) is 37.1 Å². The summed E-state index contributed by atoms with van der Waals surface area (Å²) >= 11 is 0. The second kappa shape index (κ2) is 7.21. The number of hydrogen-bond donors (Lipinski definition) is 2. The first kappa shape index (κ1) is 20.8. The highest BCUT2D eigenvalue weighted by atomic mass is 32.2. The van der Waals surface area contributed by atoms with Gasteiger partial charge in [0.05, 0.1) is 26.0 Å². The van der Waals surface area contributed by atoms with E-state index in [2.05, 4.69) is 4.98 Å². The minimum absolute atomic E-state index is 0.0109. The van der Waals surface area contributed by atoms with Crippen LogP contribution >= 0.6 is 0 Å². The number of sulfonamides is 1. The van der Waals surface area contributed by atoms with Crippen LogP contribution in [-0.4, -0.2) is 73.2 Å². The molecule has 0 unspecified atom stereocenters. The van der Waals surface area contributed by atoms with Gasteiger partial charge in [0.25, 0.3) is 0 Å². The minimum Gasteiger partial charge on any atom is -0.497 e. The van der Waals surface area contributed by atoms with Crippen LogP contribution in [0.5, 0.6) is 5.75 Å². The van der Waals surface area contributed by atoms with Crippen molar-refractivity contribution in [3.05, 3.63) is 29.5 Å². The molecule has 1 saturated carbocycles. The summed E-state index contributed by atoms with van der Waals surface area (Å²) in [7, 11) is -1.70. The number of carbonyl (C=O) groups is 1. The lowest BCUT2D eigenvalue weighted by Crippen LogP contribution is -2.68. The Labute approximate surface area is 182 Å². The molecule has 3 aliphatic rings. The molecule has 1 atom stereocenters. The maximum Gasteiger partial charge on any atom is 0.226 e. The fourth-order valence-corrected chi connectivity index (χ4v) is 6.73. The van der Waals surface area contributed by atoms with E-state index in [1.807, 2.05) is 23.1 Å². The second-order valence-corrected chi connectivity index (χ2v) is 11.3. The summed E-state index contributed by atoms with van der Waals surface area (Å²) in [6.45, 7) is 0.918. The van der Waals surface area contributed by atoms with E-state index < -0.39 is 21.5 Å². The predicted octanol–water partition coefficient (Wildman–Crippen LogP) is 1.76. The molecular weight excluding hydrogens is 418 g/mol. The Kier molecular flexibility index (Phi) is 4.84. The third-order valence-corrected chi connectivity index (χ3v) is 8.53. The number of rotatable bonds is 4. The van der Waals surface area contributed by atoms with E-state index in [1.54, 1.807) is 7.11 Å². The van der Waals surface area contributed by atoms with Crippen LogP contribution in [0.4, 0.5) is 0 Å². The summed E-state index contributed by atoms with van der Waals surface area (Å²) in [6.07, 6.45) is 5.10. The fourth-order valence-electron chi connectivity index (χ4n) is 5.77. The highest BCUT2D eigenvalue weighted by Crippen LogP contribution is 2.49. The van der Waals surface area contributed by atoms with Crippen LogP contribution in [0.15, 0.2) is 18.2 Å². The lowest BCUT2D eigenvalue weighted by Gasteiger charge is -2.55. The smallest absolute Gasteiger partial charge is 0.226 e. The lowest BCUT2D eigenvalue weighted by molar-refractivity contribution is -0.142. The van der Waals surface area contributed by atoms with Gasteiger partial charge in [-0.1, -0.05) is 12.8 Å². The number of benzene rings is 1. The van der Waals surface area contributed by atoms with Crippen molar-refractivity contribution < 1.29 is 23.1 Å². The molecule has 1 aromatic heterocycles. The normalized spacial score (nSPS) is 23.8. The molecule has 3 heterocycles. The van der Waals surface area contributed by atoms with E-state index in [0.717, 1.165) is 47.8 Å². The quantitative estimate of drug-likeness (QED) is 0.743. The van der Waals surface area contributed by atoms with Crippen LogP contribution in [0.2, 0.25) is 0 Å². The van der Waals surface area contributed by atoms with E-state index in [-0.39, 0.29) is 18.4 Å². The van der Waals surface area contributed by atoms with Crippen molar-refractivity contribution in [3.8, 4) is 5.75 Å². The molecule has 0 bridgehead atoms. The van der Waals surface area contributed by atoms with E-state index in [1.165, 1.54) is 10.6 Å². The summed E-state index contributed by atoms with van der Waals surface area (Å²) in [5.74, 6) is 0.782. The van der Waals surface area contributed by atoms with Gasteiger partial charge in [-0.2, -0.15) is 0 Å². The summed E-state index contributed by atoms with van der Waals surface area (Å²) in [5.41, 5.74) is 2.23. The van der Waals surface area contributed by atoms with Crippen LogP contribution in [-0.2, 0) is 20.2 Å². The van der Waals surface area contributed by atoms with Crippen LogP contribution in [0.1, 0.15) is 43.0 Å². The summed E-state index contributed by atoms with van der Waals surface area (Å²) in [6, 6.07) is 5.32. The number of ether oxygens (including phenoxy) is 1. The second-order valence-electron chi connectivity index (χ2n) is 9.28. The Morgan fingerprint density at radius 3 is 2.58 bits per heavy atom. The topological polar surface area (TPSA) is 103 Å². The number of methoxy groups -OCH3 is 1. The lowest BCUT2D eigenvalue weighted by atomic mass is 9.69. The number of aliphatic hydroxyl groups excluding tert-OH is 1. The van der Waals surface area contributed by atoms with Crippen molar-refractivity contribution in [3.63, 3.8) is 0 Å². The van der Waals surface area contributed by atoms with Crippen molar-refractivity contribution in [2.24, 2.45) is 5.92 Å². The summed E-state index contributed by atoms with van der Waals surface area (Å²) < 4.78 is 31.2. The molecule has 1 aliphatic carbocycles. The van der Waals surface area contributed by atoms with E-state index in [9.17, 15) is 18.3 Å². The molecule has 5 rings (SSSR count). The molecular formula is C22H29N3O5S. The molecule has 1 amide bonds. The van der Waals surface area contributed by atoms with Crippen molar-refractivity contribution >= 4 is 26.8 Å². The number of nitrogens with one attached hydrogen (secondary N) is 1. The molecule has 1 aromatic carbocycles. The van der Waals surface area contributed by atoms with Gasteiger partial charge in [-0.05, 0) is 30.5 Å². The van der Waals surface area contributed by atoms with Crippen LogP contribution in [0.3, 0.4) is 0 Å². The SMILES string of the molecule is COc1ccc2c3c([nH]c2c1)[C@@H](CO)N(C(=O)C1CCCC1)CC31CN(S(C)(=O)=O)C1. The Hall–Kier alpha value is -2.10. The molecule has 31 heavy (non-hydrogen) atoms. The number of aromatic amines is 1. The Balaban J connectivity index is 1.64. The van der Waals surface area contributed by atoms with Gasteiger partial charge in [0, 0.05) is 53.6 Å². The summed E-state index contributed by atoms with van der Waals surface area (Å²) in [5, 5.41) is 11.3. The van der Waals surface area contributed by atoms with Gasteiger partial charge in [0.15, 0.2) is 0 Å². The maximum atomic E-state index is 13.5. The molecule has 1 saturated heterocycles. The van der Waals surface area contributed by atoms with Crippen LogP contribution in [0.25, 0.3) is 10.9 Å². The summed E-state index contributed by atoms with van der Waals surface area (Å²) in [4.78, 5) is 18.7. The first-order chi connectivity index (χ1) is 14.8. The molecule has 2 fully saturated rings. The molecule has 168 valence electrons. The number of nitrogens with zero attached hydrogens (tertiary/aromatic N) is 2. The number of hydrogen-bond acceptors (Lipinski definition) is 5. The number of fused-ring (bicyclic) bond motifs is 4. The Morgan fingerprint density at radius 2 is 1.97 bits per heavy atom. The van der Waals surface area contributed by atoms with E-state index in [0.29, 0.717) is 25.4 Å². The van der Waals surface area contributed by atoms with Crippen molar-refractivity contribution in [1.82, 2.24) is 14.2 Å². The molecule has 9 heteroatoms. The van der Waals surface area contributed by atoms with Gasteiger partial charge in [-0.25, -0.2) is 12.7 Å². The average Bonchev–Trinajstić information content (AvgIpc) is 3.37. The highest BCUT2D eigenvalue weighted by Gasteiger charge is 2.56. The van der Waals surface area contributed by atoms with Gasteiger partial charge in [0.1, 0.15) is 5.75 Å². The molecule has 0 radical (unpaired) electrons. The molecule has 1 spiro atoms. The fraction of sp³-hybridized carbons (Fsp3) is 0.591. The number of H-pyrrole nitrogens is 1. The molecule has 2 aliphatic heterocycles. The zero-order valence-corrected chi connectivity index (χ0v) is 18.7. The molecule has 2 N–H and O–H groups in total. The highest BCUT2D eigenvalue weighted by molar-refractivity contribution is 7.88. The Bertz CT molecular complexity index is 1130. The first-order valence-electron chi connectivity index (χ1n) is 10.8. The van der Waals surface area contributed by atoms with Gasteiger partial charge in [0.2, 0.25) is 15.9 Å². The number of carbonyl (C=O) groups excluding carboxylic acids is 1. The van der Waals surface area contributed by atoms with Gasteiger partial charge < -0.3 is 19.7 Å². The largest absolute Gasteiger partial charge is 0.497 e. The van der Waals surface area contributed by atoms with E-state index >= 15 is 0 Å². The third-order valence-electron chi connectivity index (χ3n) is 7.34. The average molecular weight is 448 g/mol. The van der Waals surface area contributed by atoms with Crippen molar-refractivity contribution in [1.29, 1.82) is 0 Å². The molecule has 2 aromatic rings. The zero-order chi connectivity index (χ0) is 22.0. The van der Waals surface area contributed by atoms with Crippen molar-refractivity contribution in [2.75, 3.05) is 39.6 Å². The number of aliphatic hydroxyl groups is 1. The minimum atomic E-state index is -3.31.